The van der Waals surface area contributed by atoms with Crippen molar-refractivity contribution in [2.45, 2.75) is 18.7 Å². The van der Waals surface area contributed by atoms with Gasteiger partial charge in [-0.2, -0.15) is 0 Å². The van der Waals surface area contributed by atoms with E-state index in [0.717, 1.165) is 29.2 Å². The zero-order chi connectivity index (χ0) is 13.7. The number of nitrogens with one attached hydrogen (secondary N) is 1. The molecule has 0 fully saturated rings. The molecule has 2 aromatic rings. The maximum atomic E-state index is 5.92. The Morgan fingerprint density at radius 1 is 1.11 bits per heavy atom. The second-order valence-corrected chi connectivity index (χ2v) is 5.70. The van der Waals surface area contributed by atoms with Gasteiger partial charge in [0, 0.05) is 17.2 Å². The summed E-state index contributed by atoms with van der Waals surface area (Å²) in [5.41, 5.74) is 2.04. The highest BCUT2D eigenvalue weighted by atomic mass is 35.5. The topological polar surface area (TPSA) is 37.8 Å². The van der Waals surface area contributed by atoms with E-state index in [1.807, 2.05) is 43.8 Å². The van der Waals surface area contributed by atoms with E-state index < -0.39 is 0 Å². The molecule has 19 heavy (non-hydrogen) atoms. The summed E-state index contributed by atoms with van der Waals surface area (Å²) in [6.07, 6.45) is 0. The maximum Gasteiger partial charge on any atom is 0.155 e. The molecule has 3 nitrogen and oxygen atoms in total. The molecule has 2 rings (SSSR count). The summed E-state index contributed by atoms with van der Waals surface area (Å²) in [4.78, 5) is 1.28. The molecule has 1 N–H and O–H groups in total. The van der Waals surface area contributed by atoms with Crippen molar-refractivity contribution >= 4 is 29.2 Å². The molecule has 1 aromatic heterocycles. The first kappa shape index (κ1) is 14.2. The summed E-state index contributed by atoms with van der Waals surface area (Å²) >= 11 is 7.74. The Hall–Kier alpha value is -1.26. The summed E-state index contributed by atoms with van der Waals surface area (Å²) in [6.45, 7) is 4.80. The van der Waals surface area contributed by atoms with Gasteiger partial charge in [0.2, 0.25) is 0 Å². The largest absolute Gasteiger partial charge is 0.368 e. The molecular formula is C14H16ClN3S. The molecule has 0 aliphatic rings. The van der Waals surface area contributed by atoms with E-state index in [1.54, 1.807) is 0 Å². The minimum atomic E-state index is 0.474. The predicted molar refractivity (Wildman–Crippen MR) is 82.2 cm³/mol. The van der Waals surface area contributed by atoms with Crippen molar-refractivity contribution in [2.75, 3.05) is 17.6 Å². The van der Waals surface area contributed by atoms with Gasteiger partial charge in [-0.05, 0) is 37.1 Å². The lowest BCUT2D eigenvalue weighted by molar-refractivity contribution is 0.982. The van der Waals surface area contributed by atoms with Gasteiger partial charge >= 0.3 is 0 Å². The van der Waals surface area contributed by atoms with Gasteiger partial charge in [0.25, 0.3) is 0 Å². The van der Waals surface area contributed by atoms with E-state index in [2.05, 4.69) is 27.6 Å². The second-order valence-electron chi connectivity index (χ2n) is 4.18. The lowest BCUT2D eigenvalue weighted by Crippen LogP contribution is -2.09. The predicted octanol–water partition coefficient (Wildman–Crippen LogP) is 3.95. The van der Waals surface area contributed by atoms with Gasteiger partial charge in [-0.15, -0.1) is 22.0 Å². The first-order valence-electron chi connectivity index (χ1n) is 6.09. The van der Waals surface area contributed by atoms with Gasteiger partial charge in [0.15, 0.2) is 11.0 Å². The fourth-order valence-corrected chi connectivity index (χ4v) is 2.57. The zero-order valence-corrected chi connectivity index (χ0v) is 12.6. The van der Waals surface area contributed by atoms with E-state index in [4.69, 9.17) is 11.6 Å². The molecule has 0 aliphatic carbocycles. The van der Waals surface area contributed by atoms with Gasteiger partial charge in [-0.1, -0.05) is 29.8 Å². The third-order valence-corrected chi connectivity index (χ3v) is 4.24. The van der Waals surface area contributed by atoms with Crippen LogP contribution in [0.25, 0.3) is 0 Å². The summed E-state index contributed by atoms with van der Waals surface area (Å²) < 4.78 is 0. The van der Waals surface area contributed by atoms with Crippen LogP contribution in [0.15, 0.2) is 35.2 Å². The molecule has 0 spiro atoms. The highest BCUT2D eigenvalue weighted by molar-refractivity contribution is 7.99. The average molecular weight is 294 g/mol. The molecule has 0 saturated heterocycles. The molecule has 0 atom stereocenters. The van der Waals surface area contributed by atoms with Crippen LogP contribution in [0.1, 0.15) is 11.1 Å². The van der Waals surface area contributed by atoms with Crippen LogP contribution in [0.5, 0.6) is 0 Å². The summed E-state index contributed by atoms with van der Waals surface area (Å²) in [5, 5.41) is 11.8. The van der Waals surface area contributed by atoms with Crippen molar-refractivity contribution in [3.63, 3.8) is 0 Å². The summed E-state index contributed by atoms with van der Waals surface area (Å²) in [6, 6.07) is 10.4. The molecule has 100 valence electrons. The van der Waals surface area contributed by atoms with Crippen molar-refractivity contribution in [3.8, 4) is 0 Å². The van der Waals surface area contributed by atoms with E-state index >= 15 is 0 Å². The number of benzene rings is 1. The van der Waals surface area contributed by atoms with Crippen LogP contribution in [0.2, 0.25) is 5.15 Å². The van der Waals surface area contributed by atoms with Crippen LogP contribution in [-0.4, -0.2) is 22.5 Å². The first-order chi connectivity index (χ1) is 9.18. The summed E-state index contributed by atoms with van der Waals surface area (Å²) in [5.74, 6) is 1.79. The number of halogens is 1. The Bertz CT molecular complexity index is 546. The Morgan fingerprint density at radius 3 is 2.58 bits per heavy atom. The third kappa shape index (κ3) is 3.85. The van der Waals surface area contributed by atoms with E-state index in [9.17, 15) is 0 Å². The monoisotopic (exact) mass is 293 g/mol. The van der Waals surface area contributed by atoms with Gasteiger partial charge in [0.1, 0.15) is 0 Å². The number of hydrogen-bond acceptors (Lipinski definition) is 4. The minimum absolute atomic E-state index is 0.474. The molecule has 0 radical (unpaired) electrons. The average Bonchev–Trinajstić information content (AvgIpc) is 2.44. The van der Waals surface area contributed by atoms with E-state index in [0.29, 0.717) is 5.15 Å². The van der Waals surface area contributed by atoms with Crippen molar-refractivity contribution in [1.82, 2.24) is 10.2 Å². The molecule has 1 heterocycles. The molecule has 0 bridgehead atoms. The zero-order valence-electron chi connectivity index (χ0n) is 11.0. The SMILES string of the molecule is Cc1c(Cl)nnc(NCCSc2ccccc2)c1C. The second kappa shape index (κ2) is 6.78. The number of anilines is 1. The molecule has 0 aliphatic heterocycles. The lowest BCUT2D eigenvalue weighted by Gasteiger charge is -2.10. The molecule has 0 amide bonds. The highest BCUT2D eigenvalue weighted by Gasteiger charge is 2.07. The van der Waals surface area contributed by atoms with Gasteiger partial charge < -0.3 is 5.32 Å². The smallest absolute Gasteiger partial charge is 0.155 e. The van der Waals surface area contributed by atoms with E-state index in [-0.39, 0.29) is 0 Å². The Labute approximate surface area is 122 Å². The van der Waals surface area contributed by atoms with Crippen molar-refractivity contribution in [1.29, 1.82) is 0 Å². The van der Waals surface area contributed by atoms with Crippen LogP contribution in [0, 0.1) is 13.8 Å². The van der Waals surface area contributed by atoms with Crippen LogP contribution < -0.4 is 5.32 Å². The molecule has 0 unspecified atom stereocenters. The van der Waals surface area contributed by atoms with Crippen LogP contribution >= 0.6 is 23.4 Å². The quantitative estimate of drug-likeness (QED) is 0.669. The van der Waals surface area contributed by atoms with Crippen molar-refractivity contribution in [2.24, 2.45) is 0 Å². The number of rotatable bonds is 5. The summed E-state index contributed by atoms with van der Waals surface area (Å²) in [7, 11) is 0. The lowest BCUT2D eigenvalue weighted by atomic mass is 10.2. The van der Waals surface area contributed by atoms with Gasteiger partial charge in [0.05, 0.1) is 0 Å². The van der Waals surface area contributed by atoms with Crippen molar-refractivity contribution in [3.05, 3.63) is 46.6 Å². The van der Waals surface area contributed by atoms with Crippen LogP contribution in [-0.2, 0) is 0 Å². The maximum absolute atomic E-state index is 5.92. The van der Waals surface area contributed by atoms with Gasteiger partial charge in [-0.25, -0.2) is 0 Å². The number of thioether (sulfide) groups is 1. The van der Waals surface area contributed by atoms with Crippen LogP contribution in [0.3, 0.4) is 0 Å². The standard InChI is InChI=1S/C14H16ClN3S/c1-10-11(2)14(18-17-13(10)15)16-8-9-19-12-6-4-3-5-7-12/h3-7H,8-9H2,1-2H3,(H,16,18). The number of nitrogens with zero attached hydrogens (tertiary/aromatic N) is 2. The van der Waals surface area contributed by atoms with Gasteiger partial charge in [-0.3, -0.25) is 0 Å². The normalized spacial score (nSPS) is 10.5. The number of hydrogen-bond donors (Lipinski definition) is 1. The Morgan fingerprint density at radius 2 is 1.84 bits per heavy atom. The highest BCUT2D eigenvalue weighted by Crippen LogP contribution is 2.21. The Balaban J connectivity index is 1.85. The number of aromatic nitrogens is 2. The Kier molecular flexibility index (Phi) is 5.05. The fraction of sp³-hybridized carbons (Fsp3) is 0.286. The fourth-order valence-electron chi connectivity index (χ4n) is 1.60. The molecule has 1 aromatic carbocycles. The minimum Gasteiger partial charge on any atom is -0.368 e. The molecular weight excluding hydrogens is 278 g/mol. The van der Waals surface area contributed by atoms with Crippen LogP contribution in [0.4, 0.5) is 5.82 Å². The molecule has 5 heteroatoms. The third-order valence-electron chi connectivity index (χ3n) is 2.87. The van der Waals surface area contributed by atoms with Crippen molar-refractivity contribution < 1.29 is 0 Å². The molecule has 0 saturated carbocycles. The first-order valence-corrected chi connectivity index (χ1v) is 7.46. The van der Waals surface area contributed by atoms with E-state index in [1.165, 1.54) is 4.90 Å².